The smallest absolute Gasteiger partial charge is 0.186 e. The molecule has 2 aromatic carbocycles. The second-order valence-corrected chi connectivity index (χ2v) is 6.77. The zero-order chi connectivity index (χ0) is 16.2. The van der Waals surface area contributed by atoms with Gasteiger partial charge in [0.15, 0.2) is 5.13 Å². The minimum absolute atomic E-state index is 0.196. The van der Waals surface area contributed by atoms with Gasteiger partial charge in [0.1, 0.15) is 5.82 Å². The highest BCUT2D eigenvalue weighted by Crippen LogP contribution is 2.31. The van der Waals surface area contributed by atoms with Crippen molar-refractivity contribution in [1.29, 1.82) is 0 Å². The predicted molar refractivity (Wildman–Crippen MR) is 95.6 cm³/mol. The fraction of sp³-hybridized carbons (Fsp3) is 0.278. The van der Waals surface area contributed by atoms with Crippen LogP contribution in [0.5, 0.6) is 0 Å². The van der Waals surface area contributed by atoms with Crippen LogP contribution in [-0.4, -0.2) is 37.1 Å². The third kappa shape index (κ3) is 3.86. The largest absolute Gasteiger partial charge is 0.342 e. The highest BCUT2D eigenvalue weighted by atomic mass is 32.1. The van der Waals surface area contributed by atoms with E-state index >= 15 is 0 Å². The summed E-state index contributed by atoms with van der Waals surface area (Å²) in [6.07, 6.45) is 0. The van der Waals surface area contributed by atoms with Gasteiger partial charge in [0.05, 0.1) is 10.2 Å². The molecule has 0 spiro atoms. The number of nitrogens with zero attached hydrogens (tertiary/aromatic N) is 3. The van der Waals surface area contributed by atoms with E-state index in [4.69, 9.17) is 0 Å². The molecule has 0 unspecified atom stereocenters. The van der Waals surface area contributed by atoms with Crippen molar-refractivity contribution in [1.82, 2.24) is 9.88 Å². The van der Waals surface area contributed by atoms with Gasteiger partial charge in [0.25, 0.3) is 0 Å². The molecule has 3 rings (SSSR count). The molecule has 0 saturated carbocycles. The van der Waals surface area contributed by atoms with Gasteiger partial charge < -0.3 is 9.80 Å². The Hall–Kier alpha value is -1.98. The number of halogens is 1. The summed E-state index contributed by atoms with van der Waals surface area (Å²) in [6.45, 7) is 2.55. The maximum Gasteiger partial charge on any atom is 0.186 e. The van der Waals surface area contributed by atoms with E-state index in [0.29, 0.717) is 4.70 Å². The summed E-state index contributed by atoms with van der Waals surface area (Å²) in [7, 11) is 4.11. The Balaban J connectivity index is 1.90. The summed E-state index contributed by atoms with van der Waals surface area (Å²) < 4.78 is 14.6. The van der Waals surface area contributed by atoms with Gasteiger partial charge in [-0.3, -0.25) is 0 Å². The Labute approximate surface area is 140 Å². The lowest BCUT2D eigenvalue weighted by Gasteiger charge is -2.23. The molecule has 0 N–H and O–H groups in total. The van der Waals surface area contributed by atoms with Crippen LogP contribution in [0.1, 0.15) is 5.56 Å². The van der Waals surface area contributed by atoms with Crippen LogP contribution in [0.3, 0.4) is 0 Å². The number of fused-ring (bicyclic) bond motifs is 1. The van der Waals surface area contributed by atoms with Gasteiger partial charge in [-0.25, -0.2) is 9.37 Å². The molecule has 0 fully saturated rings. The zero-order valence-corrected chi connectivity index (χ0v) is 14.2. The van der Waals surface area contributed by atoms with E-state index in [-0.39, 0.29) is 5.82 Å². The fourth-order valence-corrected chi connectivity index (χ4v) is 3.40. The Morgan fingerprint density at radius 3 is 2.48 bits per heavy atom. The van der Waals surface area contributed by atoms with Crippen molar-refractivity contribution in [3.8, 4) is 0 Å². The SMILES string of the molecule is CN(C)CCN(Cc1ccccc1)c1nc2cccc(F)c2s1. The van der Waals surface area contributed by atoms with Gasteiger partial charge in [-0.1, -0.05) is 47.7 Å². The van der Waals surface area contributed by atoms with Crippen LogP contribution in [0.15, 0.2) is 48.5 Å². The summed E-state index contributed by atoms with van der Waals surface area (Å²) >= 11 is 1.42. The van der Waals surface area contributed by atoms with E-state index in [1.54, 1.807) is 6.07 Å². The van der Waals surface area contributed by atoms with Gasteiger partial charge in [0.2, 0.25) is 0 Å². The van der Waals surface area contributed by atoms with Crippen molar-refractivity contribution in [2.75, 3.05) is 32.1 Å². The van der Waals surface area contributed by atoms with Gasteiger partial charge >= 0.3 is 0 Å². The molecule has 0 atom stereocenters. The Bertz CT molecular complexity index is 770. The molecule has 5 heteroatoms. The summed E-state index contributed by atoms with van der Waals surface area (Å²) in [5, 5.41) is 0.871. The molecule has 0 aliphatic carbocycles. The fourth-order valence-electron chi connectivity index (χ4n) is 2.41. The molecule has 3 nitrogen and oxygen atoms in total. The van der Waals surface area contributed by atoms with Crippen molar-refractivity contribution in [2.24, 2.45) is 0 Å². The Kier molecular flexibility index (Phi) is 4.88. The maximum absolute atomic E-state index is 13.9. The van der Waals surface area contributed by atoms with Crippen LogP contribution < -0.4 is 4.90 Å². The van der Waals surface area contributed by atoms with Gasteiger partial charge in [0, 0.05) is 19.6 Å². The Morgan fingerprint density at radius 1 is 1.00 bits per heavy atom. The summed E-state index contributed by atoms with van der Waals surface area (Å²) in [4.78, 5) is 9.00. The first-order chi connectivity index (χ1) is 11.1. The van der Waals surface area contributed by atoms with Crippen LogP contribution in [-0.2, 0) is 6.54 Å². The highest BCUT2D eigenvalue weighted by molar-refractivity contribution is 7.22. The number of rotatable bonds is 6. The van der Waals surface area contributed by atoms with E-state index in [0.717, 1.165) is 30.3 Å². The summed E-state index contributed by atoms with van der Waals surface area (Å²) in [5.74, 6) is -0.196. The average Bonchev–Trinajstić information content (AvgIpc) is 2.98. The first-order valence-electron chi connectivity index (χ1n) is 7.62. The van der Waals surface area contributed by atoms with E-state index in [1.807, 2.05) is 24.3 Å². The molecular formula is C18H20FN3S. The molecule has 0 aliphatic heterocycles. The molecule has 3 aromatic rings. The number of anilines is 1. The van der Waals surface area contributed by atoms with Crippen LogP contribution in [0, 0.1) is 5.82 Å². The topological polar surface area (TPSA) is 19.4 Å². The van der Waals surface area contributed by atoms with Crippen molar-refractivity contribution >= 4 is 26.7 Å². The van der Waals surface area contributed by atoms with Crippen molar-refractivity contribution in [2.45, 2.75) is 6.54 Å². The predicted octanol–water partition coefficient (Wildman–Crippen LogP) is 4.00. The lowest BCUT2D eigenvalue weighted by molar-refractivity contribution is 0.412. The molecule has 0 bridgehead atoms. The lowest BCUT2D eigenvalue weighted by Crippen LogP contribution is -2.31. The molecular weight excluding hydrogens is 309 g/mol. The second kappa shape index (κ2) is 7.06. The van der Waals surface area contributed by atoms with Crippen molar-refractivity contribution in [3.63, 3.8) is 0 Å². The summed E-state index contributed by atoms with van der Waals surface area (Å²) in [5.41, 5.74) is 1.96. The minimum Gasteiger partial charge on any atom is -0.342 e. The summed E-state index contributed by atoms with van der Waals surface area (Å²) in [6, 6.07) is 15.4. The molecule has 23 heavy (non-hydrogen) atoms. The quantitative estimate of drug-likeness (QED) is 0.681. The first-order valence-corrected chi connectivity index (χ1v) is 8.44. The van der Waals surface area contributed by atoms with Crippen LogP contribution in [0.2, 0.25) is 0 Å². The Morgan fingerprint density at radius 2 is 1.78 bits per heavy atom. The van der Waals surface area contributed by atoms with Crippen molar-refractivity contribution < 1.29 is 4.39 Å². The average molecular weight is 329 g/mol. The zero-order valence-electron chi connectivity index (χ0n) is 13.4. The molecule has 0 amide bonds. The van der Waals surface area contributed by atoms with E-state index in [9.17, 15) is 4.39 Å². The number of hydrogen-bond acceptors (Lipinski definition) is 4. The normalized spacial score (nSPS) is 11.3. The molecule has 0 aliphatic rings. The van der Waals surface area contributed by atoms with Crippen LogP contribution in [0.4, 0.5) is 9.52 Å². The maximum atomic E-state index is 13.9. The highest BCUT2D eigenvalue weighted by Gasteiger charge is 2.15. The minimum atomic E-state index is -0.196. The third-order valence-corrected chi connectivity index (χ3v) is 4.80. The van der Waals surface area contributed by atoms with Crippen molar-refractivity contribution in [3.05, 3.63) is 59.9 Å². The molecule has 120 valence electrons. The van der Waals surface area contributed by atoms with Gasteiger partial charge in [-0.15, -0.1) is 0 Å². The molecule has 1 heterocycles. The number of aromatic nitrogens is 1. The van der Waals surface area contributed by atoms with Crippen LogP contribution >= 0.6 is 11.3 Å². The number of likely N-dealkylation sites (N-methyl/N-ethyl adjacent to an activating group) is 1. The number of thiazole rings is 1. The van der Waals surface area contributed by atoms with Gasteiger partial charge in [-0.05, 0) is 31.8 Å². The molecule has 0 saturated heterocycles. The van der Waals surface area contributed by atoms with E-state index in [1.165, 1.54) is 23.0 Å². The number of benzene rings is 2. The van der Waals surface area contributed by atoms with Gasteiger partial charge in [-0.2, -0.15) is 0 Å². The standard InChI is InChI=1S/C18H20FN3S/c1-21(2)11-12-22(13-14-7-4-3-5-8-14)18-20-16-10-6-9-15(19)17(16)23-18/h3-10H,11-13H2,1-2H3. The molecule has 0 radical (unpaired) electrons. The van der Waals surface area contributed by atoms with E-state index < -0.39 is 0 Å². The first kappa shape index (κ1) is 15.9. The number of hydrogen-bond donors (Lipinski definition) is 0. The van der Waals surface area contributed by atoms with Crippen LogP contribution in [0.25, 0.3) is 10.2 Å². The molecule has 1 aromatic heterocycles. The second-order valence-electron chi connectivity index (χ2n) is 5.79. The monoisotopic (exact) mass is 329 g/mol. The third-order valence-electron chi connectivity index (χ3n) is 3.66. The lowest BCUT2D eigenvalue weighted by atomic mass is 10.2. The van der Waals surface area contributed by atoms with E-state index in [2.05, 4.69) is 41.0 Å².